The van der Waals surface area contributed by atoms with Gasteiger partial charge in [-0.3, -0.25) is 4.79 Å². The fourth-order valence-electron chi connectivity index (χ4n) is 3.51. The number of carbonyl (C=O) groups excluding carboxylic acids is 1. The lowest BCUT2D eigenvalue weighted by Gasteiger charge is -2.39. The van der Waals surface area contributed by atoms with Crippen LogP contribution in [0, 0.1) is 0 Å². The number of hydrogen-bond acceptors (Lipinski definition) is 2. The number of piperidine rings is 2. The molecule has 104 valence electrons. The normalized spacial score (nSPS) is 33.4. The van der Waals surface area contributed by atoms with Gasteiger partial charge >= 0.3 is 0 Å². The van der Waals surface area contributed by atoms with E-state index in [9.17, 15) is 4.79 Å². The molecular formula is C15H28N2O. The van der Waals surface area contributed by atoms with Crippen LogP contribution in [-0.2, 0) is 4.79 Å². The molecular weight excluding hydrogens is 224 g/mol. The van der Waals surface area contributed by atoms with Gasteiger partial charge in [-0.05, 0) is 58.9 Å². The molecule has 2 heterocycles. The van der Waals surface area contributed by atoms with Crippen molar-refractivity contribution in [3.8, 4) is 0 Å². The topological polar surface area (TPSA) is 32.3 Å². The van der Waals surface area contributed by atoms with Gasteiger partial charge in [-0.1, -0.05) is 6.42 Å². The largest absolute Gasteiger partial charge is 0.337 e. The number of rotatable bonds is 3. The van der Waals surface area contributed by atoms with Crippen LogP contribution in [-0.4, -0.2) is 35.5 Å². The molecule has 0 aromatic carbocycles. The van der Waals surface area contributed by atoms with Gasteiger partial charge < -0.3 is 10.2 Å². The minimum atomic E-state index is 0.377. The van der Waals surface area contributed by atoms with Crippen LogP contribution in [0.4, 0.5) is 0 Å². The minimum absolute atomic E-state index is 0.377. The van der Waals surface area contributed by atoms with Crippen LogP contribution in [0.1, 0.15) is 65.2 Å². The van der Waals surface area contributed by atoms with Gasteiger partial charge in [-0.15, -0.1) is 0 Å². The van der Waals surface area contributed by atoms with E-state index in [1.807, 2.05) is 0 Å². The minimum Gasteiger partial charge on any atom is -0.337 e. The monoisotopic (exact) mass is 252 g/mol. The predicted octanol–water partition coefficient (Wildman–Crippen LogP) is 2.70. The molecule has 0 aromatic heterocycles. The number of nitrogens with zero attached hydrogens (tertiary/aromatic N) is 1. The van der Waals surface area contributed by atoms with Crippen molar-refractivity contribution in [1.82, 2.24) is 10.2 Å². The van der Waals surface area contributed by atoms with Crippen molar-refractivity contribution < 1.29 is 4.79 Å². The lowest BCUT2D eigenvalue weighted by atomic mass is 9.95. The molecule has 2 aliphatic heterocycles. The van der Waals surface area contributed by atoms with Gasteiger partial charge in [-0.2, -0.15) is 0 Å². The van der Waals surface area contributed by atoms with Crippen LogP contribution in [0.25, 0.3) is 0 Å². The Labute approximate surface area is 111 Å². The number of amides is 1. The maximum atomic E-state index is 12.4. The van der Waals surface area contributed by atoms with E-state index in [1.54, 1.807) is 0 Å². The molecule has 0 aliphatic carbocycles. The molecule has 3 unspecified atom stereocenters. The molecule has 0 saturated carbocycles. The van der Waals surface area contributed by atoms with Crippen molar-refractivity contribution >= 4 is 5.91 Å². The standard InChI is InChI=1S/C15H28N2O/c1-12-6-5-7-13(2)17(12)15(18)10-9-14-8-3-4-11-16-14/h12-14,16H,3-11H2,1-2H3. The number of carbonyl (C=O) groups is 1. The Morgan fingerprint density at radius 1 is 1.11 bits per heavy atom. The van der Waals surface area contributed by atoms with E-state index in [4.69, 9.17) is 0 Å². The van der Waals surface area contributed by atoms with Crippen LogP contribution >= 0.6 is 0 Å². The summed E-state index contributed by atoms with van der Waals surface area (Å²) in [7, 11) is 0. The molecule has 18 heavy (non-hydrogen) atoms. The third-order valence-corrected chi connectivity index (χ3v) is 4.60. The van der Waals surface area contributed by atoms with Crippen molar-refractivity contribution in [3.63, 3.8) is 0 Å². The van der Waals surface area contributed by atoms with Crippen LogP contribution < -0.4 is 5.32 Å². The molecule has 3 atom stereocenters. The molecule has 3 heteroatoms. The molecule has 2 rings (SSSR count). The summed E-state index contributed by atoms with van der Waals surface area (Å²) in [6.07, 6.45) is 9.25. The third-order valence-electron chi connectivity index (χ3n) is 4.60. The van der Waals surface area contributed by atoms with E-state index in [0.29, 0.717) is 24.0 Å². The Bertz CT molecular complexity index is 264. The van der Waals surface area contributed by atoms with Gasteiger partial charge in [0.1, 0.15) is 0 Å². The quantitative estimate of drug-likeness (QED) is 0.837. The van der Waals surface area contributed by atoms with Crippen molar-refractivity contribution in [1.29, 1.82) is 0 Å². The van der Waals surface area contributed by atoms with Crippen molar-refractivity contribution in [3.05, 3.63) is 0 Å². The molecule has 2 saturated heterocycles. The highest BCUT2D eigenvalue weighted by atomic mass is 16.2. The Morgan fingerprint density at radius 2 is 1.83 bits per heavy atom. The van der Waals surface area contributed by atoms with E-state index >= 15 is 0 Å². The first-order valence-corrected chi connectivity index (χ1v) is 7.73. The van der Waals surface area contributed by atoms with E-state index in [2.05, 4.69) is 24.1 Å². The first-order valence-electron chi connectivity index (χ1n) is 7.73. The van der Waals surface area contributed by atoms with Gasteiger partial charge in [-0.25, -0.2) is 0 Å². The summed E-state index contributed by atoms with van der Waals surface area (Å²) in [6, 6.07) is 1.47. The zero-order chi connectivity index (χ0) is 13.0. The average Bonchev–Trinajstić information content (AvgIpc) is 2.37. The zero-order valence-corrected chi connectivity index (χ0v) is 12.0. The Morgan fingerprint density at radius 3 is 2.44 bits per heavy atom. The molecule has 0 radical (unpaired) electrons. The molecule has 3 nitrogen and oxygen atoms in total. The lowest BCUT2D eigenvalue weighted by molar-refractivity contribution is -0.137. The second-order valence-electron chi connectivity index (χ2n) is 6.12. The fraction of sp³-hybridized carbons (Fsp3) is 0.933. The smallest absolute Gasteiger partial charge is 0.223 e. The average molecular weight is 252 g/mol. The number of hydrogen-bond donors (Lipinski definition) is 1. The Kier molecular flexibility index (Phi) is 5.04. The van der Waals surface area contributed by atoms with Gasteiger partial charge in [0.15, 0.2) is 0 Å². The highest BCUT2D eigenvalue weighted by Crippen LogP contribution is 2.24. The van der Waals surface area contributed by atoms with Gasteiger partial charge in [0.05, 0.1) is 0 Å². The first-order chi connectivity index (χ1) is 8.68. The van der Waals surface area contributed by atoms with E-state index in [0.717, 1.165) is 19.4 Å². The highest BCUT2D eigenvalue weighted by molar-refractivity contribution is 5.77. The van der Waals surface area contributed by atoms with Gasteiger partial charge in [0.2, 0.25) is 5.91 Å². The predicted molar refractivity (Wildman–Crippen MR) is 74.5 cm³/mol. The summed E-state index contributed by atoms with van der Waals surface area (Å²) in [5.41, 5.74) is 0. The van der Waals surface area contributed by atoms with Crippen LogP contribution in [0.15, 0.2) is 0 Å². The highest BCUT2D eigenvalue weighted by Gasteiger charge is 2.28. The van der Waals surface area contributed by atoms with Crippen molar-refractivity contribution in [2.24, 2.45) is 0 Å². The summed E-state index contributed by atoms with van der Waals surface area (Å²) in [4.78, 5) is 14.5. The van der Waals surface area contributed by atoms with Gasteiger partial charge in [0.25, 0.3) is 0 Å². The zero-order valence-electron chi connectivity index (χ0n) is 12.0. The molecule has 0 aromatic rings. The second-order valence-corrected chi connectivity index (χ2v) is 6.12. The second kappa shape index (κ2) is 6.55. The molecule has 0 spiro atoms. The lowest BCUT2D eigenvalue weighted by Crippen LogP contribution is -2.48. The molecule has 1 N–H and O–H groups in total. The summed E-state index contributed by atoms with van der Waals surface area (Å²) in [6.45, 7) is 5.54. The van der Waals surface area contributed by atoms with Crippen LogP contribution in [0.5, 0.6) is 0 Å². The summed E-state index contributed by atoms with van der Waals surface area (Å²) < 4.78 is 0. The SMILES string of the molecule is CC1CCCC(C)N1C(=O)CCC1CCCCN1. The Balaban J connectivity index is 1.79. The summed E-state index contributed by atoms with van der Waals surface area (Å²) in [5.74, 6) is 0.377. The first kappa shape index (κ1) is 13.9. The van der Waals surface area contributed by atoms with Crippen LogP contribution in [0.2, 0.25) is 0 Å². The maximum Gasteiger partial charge on any atom is 0.223 e. The fourth-order valence-corrected chi connectivity index (χ4v) is 3.51. The number of nitrogens with one attached hydrogen (secondary N) is 1. The molecule has 0 bridgehead atoms. The van der Waals surface area contributed by atoms with Gasteiger partial charge in [0, 0.05) is 24.5 Å². The number of likely N-dealkylation sites (tertiary alicyclic amines) is 1. The van der Waals surface area contributed by atoms with E-state index in [-0.39, 0.29) is 0 Å². The van der Waals surface area contributed by atoms with E-state index < -0.39 is 0 Å². The molecule has 2 fully saturated rings. The summed E-state index contributed by atoms with van der Waals surface area (Å²) >= 11 is 0. The van der Waals surface area contributed by atoms with Crippen molar-refractivity contribution in [2.75, 3.05) is 6.54 Å². The Hall–Kier alpha value is -0.570. The maximum absolute atomic E-state index is 12.4. The summed E-state index contributed by atoms with van der Waals surface area (Å²) in [5, 5.41) is 3.53. The van der Waals surface area contributed by atoms with Crippen molar-refractivity contribution in [2.45, 2.75) is 83.3 Å². The van der Waals surface area contributed by atoms with Crippen LogP contribution in [0.3, 0.4) is 0 Å². The molecule has 2 aliphatic rings. The third kappa shape index (κ3) is 3.47. The van der Waals surface area contributed by atoms with E-state index in [1.165, 1.54) is 38.5 Å². The molecule has 1 amide bonds.